The maximum absolute atomic E-state index is 8.86. The number of furan rings is 1. The lowest BCUT2D eigenvalue weighted by atomic mass is 10.1. The first-order chi connectivity index (χ1) is 9.79. The van der Waals surface area contributed by atoms with Crippen molar-refractivity contribution in [3.05, 3.63) is 30.0 Å². The van der Waals surface area contributed by atoms with E-state index in [-0.39, 0.29) is 5.84 Å². The quantitative estimate of drug-likeness (QED) is 0.388. The Morgan fingerprint density at radius 1 is 1.35 bits per heavy atom. The fourth-order valence-electron chi connectivity index (χ4n) is 2.76. The Morgan fingerprint density at radius 2 is 2.10 bits per heavy atom. The lowest BCUT2D eigenvalue weighted by Gasteiger charge is -2.11. The van der Waals surface area contributed by atoms with Crippen LogP contribution in [0.1, 0.15) is 31.4 Å². The first-order valence-corrected chi connectivity index (χ1v) is 6.92. The van der Waals surface area contributed by atoms with Crippen molar-refractivity contribution >= 4 is 16.8 Å². The molecule has 1 aromatic carbocycles. The molecule has 5 nitrogen and oxygen atoms in total. The number of benzene rings is 1. The average molecular weight is 274 g/mol. The van der Waals surface area contributed by atoms with Crippen LogP contribution >= 0.6 is 0 Å². The molecule has 20 heavy (non-hydrogen) atoms. The summed E-state index contributed by atoms with van der Waals surface area (Å²) in [7, 11) is 0. The highest BCUT2D eigenvalue weighted by Gasteiger charge is 2.21. The van der Waals surface area contributed by atoms with Crippen LogP contribution in [0.15, 0.2) is 33.8 Å². The molecule has 1 aliphatic carbocycles. The molecule has 1 aromatic heterocycles. The molecule has 1 fully saturated rings. The molecule has 5 heteroatoms. The maximum atomic E-state index is 8.86. The Kier molecular flexibility index (Phi) is 3.50. The molecule has 0 radical (unpaired) electrons. The van der Waals surface area contributed by atoms with Gasteiger partial charge in [0.25, 0.3) is 0 Å². The number of nitrogens with zero attached hydrogens (tertiary/aromatic N) is 1. The number of ether oxygens (including phenoxy) is 1. The van der Waals surface area contributed by atoms with E-state index >= 15 is 0 Å². The fraction of sp³-hybridized carbons (Fsp3) is 0.400. The van der Waals surface area contributed by atoms with Crippen LogP contribution in [-0.4, -0.2) is 17.6 Å². The Hall–Kier alpha value is -2.17. The number of hydrogen-bond donors (Lipinski definition) is 2. The summed E-state index contributed by atoms with van der Waals surface area (Å²) < 4.78 is 11.6. The summed E-state index contributed by atoms with van der Waals surface area (Å²) in [6.45, 7) is 0.648. The van der Waals surface area contributed by atoms with Gasteiger partial charge in [-0.1, -0.05) is 30.1 Å². The van der Waals surface area contributed by atoms with E-state index in [2.05, 4.69) is 5.16 Å². The van der Waals surface area contributed by atoms with Crippen molar-refractivity contribution in [3.8, 4) is 5.75 Å². The van der Waals surface area contributed by atoms with Gasteiger partial charge in [-0.2, -0.15) is 0 Å². The summed E-state index contributed by atoms with van der Waals surface area (Å²) in [5.74, 6) is 1.39. The third-order valence-corrected chi connectivity index (χ3v) is 3.83. The largest absolute Gasteiger partial charge is 0.488 e. The molecule has 0 spiro atoms. The lowest BCUT2D eigenvalue weighted by Crippen LogP contribution is -2.15. The van der Waals surface area contributed by atoms with Gasteiger partial charge in [0.15, 0.2) is 5.75 Å². The normalized spacial score (nSPS) is 16.9. The molecule has 0 aliphatic heterocycles. The second kappa shape index (κ2) is 5.45. The molecule has 0 bridgehead atoms. The van der Waals surface area contributed by atoms with Crippen LogP contribution in [0.4, 0.5) is 0 Å². The van der Waals surface area contributed by atoms with Gasteiger partial charge in [0.1, 0.15) is 5.58 Å². The van der Waals surface area contributed by atoms with E-state index in [0.29, 0.717) is 29.6 Å². The van der Waals surface area contributed by atoms with Crippen molar-refractivity contribution in [3.63, 3.8) is 0 Å². The van der Waals surface area contributed by atoms with Crippen LogP contribution in [0.25, 0.3) is 11.0 Å². The van der Waals surface area contributed by atoms with Crippen molar-refractivity contribution < 1.29 is 14.4 Å². The highest BCUT2D eigenvalue weighted by atomic mass is 16.5. The third kappa shape index (κ3) is 2.31. The predicted octanol–water partition coefficient (Wildman–Crippen LogP) is 3.10. The van der Waals surface area contributed by atoms with Crippen LogP contribution in [0.3, 0.4) is 0 Å². The van der Waals surface area contributed by atoms with Gasteiger partial charge in [0, 0.05) is 0 Å². The van der Waals surface area contributed by atoms with Crippen LogP contribution in [0.2, 0.25) is 0 Å². The highest BCUT2D eigenvalue weighted by Crippen LogP contribution is 2.34. The van der Waals surface area contributed by atoms with E-state index in [9.17, 15) is 0 Å². The minimum Gasteiger partial charge on any atom is -0.488 e. The standard InChI is InChI=1S/C15H18N2O3/c16-15(17-18)14-13(19-9-10-5-1-2-6-10)11-7-3-4-8-12(11)20-14/h3-4,7-8,10,18H,1-2,5-6,9H2,(H2,16,17). The Balaban J connectivity index is 1.93. The minimum absolute atomic E-state index is 0.0670. The molecule has 0 atom stereocenters. The second-order valence-corrected chi connectivity index (χ2v) is 5.20. The molecule has 3 rings (SSSR count). The van der Waals surface area contributed by atoms with E-state index in [4.69, 9.17) is 20.1 Å². The molecule has 0 saturated heterocycles. The van der Waals surface area contributed by atoms with Crippen molar-refractivity contribution in [1.29, 1.82) is 0 Å². The molecule has 1 saturated carbocycles. The molecule has 0 unspecified atom stereocenters. The molecule has 3 N–H and O–H groups in total. The Labute approximate surface area is 117 Å². The van der Waals surface area contributed by atoms with Gasteiger partial charge >= 0.3 is 0 Å². The first-order valence-electron chi connectivity index (χ1n) is 6.92. The van der Waals surface area contributed by atoms with Gasteiger partial charge < -0.3 is 20.1 Å². The zero-order chi connectivity index (χ0) is 13.9. The number of amidine groups is 1. The van der Waals surface area contributed by atoms with Gasteiger partial charge in [0.2, 0.25) is 11.6 Å². The van der Waals surface area contributed by atoms with Crippen LogP contribution in [0, 0.1) is 5.92 Å². The molecule has 106 valence electrons. The van der Waals surface area contributed by atoms with Crippen LogP contribution < -0.4 is 10.5 Å². The summed E-state index contributed by atoms with van der Waals surface area (Å²) in [5.41, 5.74) is 6.35. The van der Waals surface area contributed by atoms with E-state index in [1.54, 1.807) is 0 Å². The molecule has 0 amide bonds. The Bertz CT molecular complexity index is 627. The van der Waals surface area contributed by atoms with Gasteiger partial charge in [-0.05, 0) is 30.9 Å². The minimum atomic E-state index is -0.0670. The Morgan fingerprint density at radius 3 is 2.85 bits per heavy atom. The van der Waals surface area contributed by atoms with Crippen LogP contribution in [0.5, 0.6) is 5.75 Å². The van der Waals surface area contributed by atoms with Gasteiger partial charge in [-0.25, -0.2) is 0 Å². The fourth-order valence-corrected chi connectivity index (χ4v) is 2.76. The number of nitrogens with two attached hydrogens (primary N) is 1. The number of rotatable bonds is 4. The average Bonchev–Trinajstić information content (AvgIpc) is 3.11. The number of para-hydroxylation sites is 1. The zero-order valence-electron chi connectivity index (χ0n) is 11.2. The molecular weight excluding hydrogens is 256 g/mol. The molecule has 1 heterocycles. The van der Waals surface area contributed by atoms with Crippen LogP contribution in [-0.2, 0) is 0 Å². The van der Waals surface area contributed by atoms with E-state index in [1.165, 1.54) is 25.7 Å². The summed E-state index contributed by atoms with van der Waals surface area (Å²) in [5, 5.41) is 12.7. The monoisotopic (exact) mass is 274 g/mol. The first kappa shape index (κ1) is 12.8. The smallest absolute Gasteiger partial charge is 0.215 e. The second-order valence-electron chi connectivity index (χ2n) is 5.20. The SMILES string of the molecule is N/C(=N/O)c1oc2ccccc2c1OCC1CCCC1. The van der Waals surface area contributed by atoms with E-state index in [1.807, 2.05) is 24.3 Å². The van der Waals surface area contributed by atoms with E-state index < -0.39 is 0 Å². The molecule has 2 aromatic rings. The topological polar surface area (TPSA) is 81.0 Å². The summed E-state index contributed by atoms with van der Waals surface area (Å²) in [6, 6.07) is 7.54. The number of fused-ring (bicyclic) bond motifs is 1. The summed E-state index contributed by atoms with van der Waals surface area (Å²) in [4.78, 5) is 0. The van der Waals surface area contributed by atoms with Crippen molar-refractivity contribution in [1.82, 2.24) is 0 Å². The van der Waals surface area contributed by atoms with Gasteiger partial charge in [0.05, 0.1) is 12.0 Å². The number of hydrogen-bond acceptors (Lipinski definition) is 4. The third-order valence-electron chi connectivity index (χ3n) is 3.83. The number of oxime groups is 1. The van der Waals surface area contributed by atoms with Gasteiger partial charge in [-0.3, -0.25) is 0 Å². The zero-order valence-corrected chi connectivity index (χ0v) is 11.2. The lowest BCUT2D eigenvalue weighted by molar-refractivity contribution is 0.251. The maximum Gasteiger partial charge on any atom is 0.215 e. The highest BCUT2D eigenvalue weighted by molar-refractivity contribution is 6.03. The van der Waals surface area contributed by atoms with Crippen molar-refractivity contribution in [2.75, 3.05) is 6.61 Å². The van der Waals surface area contributed by atoms with Crippen molar-refractivity contribution in [2.24, 2.45) is 16.8 Å². The molecular formula is C15H18N2O3. The van der Waals surface area contributed by atoms with Gasteiger partial charge in [-0.15, -0.1) is 0 Å². The summed E-state index contributed by atoms with van der Waals surface area (Å²) in [6.07, 6.45) is 4.95. The predicted molar refractivity (Wildman–Crippen MR) is 76.2 cm³/mol. The van der Waals surface area contributed by atoms with E-state index in [0.717, 1.165) is 5.39 Å². The summed E-state index contributed by atoms with van der Waals surface area (Å²) >= 11 is 0. The van der Waals surface area contributed by atoms with Crippen molar-refractivity contribution in [2.45, 2.75) is 25.7 Å². The molecule has 1 aliphatic rings.